The maximum Gasteiger partial charge on any atom is 0.336 e. The maximum absolute atomic E-state index is 12.6. The molecule has 0 aliphatic rings. The molecule has 3 heteroatoms. The van der Waals surface area contributed by atoms with E-state index in [-0.39, 0.29) is 22.0 Å². The third-order valence-corrected chi connectivity index (χ3v) is 7.73. The molecule has 0 aliphatic carbocycles. The predicted octanol–water partition coefficient (Wildman–Crippen LogP) is 11.0. The largest absolute Gasteiger partial charge is 0.507 e. The highest BCUT2D eigenvalue weighted by Gasteiger charge is 2.36. The summed E-state index contributed by atoms with van der Waals surface area (Å²) in [5.74, 6) is -0.684. The van der Waals surface area contributed by atoms with Crippen molar-refractivity contribution in [2.24, 2.45) is 0 Å². The molecule has 0 aromatic heterocycles. The maximum atomic E-state index is 12.6. The van der Waals surface area contributed by atoms with E-state index >= 15 is 0 Å². The molecular formula is C39H56O3. The van der Waals surface area contributed by atoms with Crippen LogP contribution >= 0.6 is 0 Å². The lowest BCUT2D eigenvalue weighted by Crippen LogP contribution is -2.24. The highest BCUT2D eigenvalue weighted by atomic mass is 16.4. The Balaban J connectivity index is 0.000000369. The smallest absolute Gasteiger partial charge is 0.336 e. The van der Waals surface area contributed by atoms with Crippen LogP contribution in [0.15, 0.2) is 54.6 Å². The van der Waals surface area contributed by atoms with Gasteiger partial charge >= 0.3 is 5.97 Å². The van der Waals surface area contributed by atoms with Crippen molar-refractivity contribution in [2.45, 2.75) is 131 Å². The molecule has 3 rings (SSSR count). The van der Waals surface area contributed by atoms with Crippen molar-refractivity contribution in [1.29, 1.82) is 0 Å². The number of hydrogen-bond acceptors (Lipinski definition) is 2. The van der Waals surface area contributed by atoms with E-state index in [4.69, 9.17) is 0 Å². The van der Waals surface area contributed by atoms with E-state index in [9.17, 15) is 15.0 Å². The Morgan fingerprint density at radius 1 is 0.667 bits per heavy atom. The molecule has 0 saturated heterocycles. The van der Waals surface area contributed by atoms with Crippen molar-refractivity contribution in [1.82, 2.24) is 0 Å². The van der Waals surface area contributed by atoms with Crippen molar-refractivity contribution >= 4 is 5.97 Å². The van der Waals surface area contributed by atoms with Gasteiger partial charge < -0.3 is 10.2 Å². The van der Waals surface area contributed by atoms with Gasteiger partial charge in [-0.2, -0.15) is 0 Å². The van der Waals surface area contributed by atoms with Crippen LogP contribution in [0, 0.1) is 0 Å². The topological polar surface area (TPSA) is 57.5 Å². The summed E-state index contributed by atoms with van der Waals surface area (Å²) in [4.78, 5) is 12.6. The molecule has 0 heterocycles. The molecular weight excluding hydrogens is 516 g/mol. The Morgan fingerprint density at radius 2 is 1.14 bits per heavy atom. The van der Waals surface area contributed by atoms with Gasteiger partial charge in [0.1, 0.15) is 5.75 Å². The van der Waals surface area contributed by atoms with E-state index in [0.29, 0.717) is 23.1 Å². The third kappa shape index (κ3) is 8.49. The molecule has 0 radical (unpaired) electrons. The van der Waals surface area contributed by atoms with E-state index in [1.54, 1.807) is 0 Å². The fourth-order valence-corrected chi connectivity index (χ4v) is 5.51. The molecule has 0 saturated carbocycles. The summed E-state index contributed by atoms with van der Waals surface area (Å²) in [6, 6.07) is 18.5. The molecule has 3 nitrogen and oxygen atoms in total. The van der Waals surface area contributed by atoms with Gasteiger partial charge in [-0.05, 0) is 56.8 Å². The minimum absolute atomic E-state index is 0.245. The van der Waals surface area contributed by atoms with Gasteiger partial charge in [0.25, 0.3) is 0 Å². The lowest BCUT2D eigenvalue weighted by atomic mass is 9.71. The average molecular weight is 573 g/mol. The van der Waals surface area contributed by atoms with Gasteiger partial charge in [0.05, 0.1) is 5.56 Å². The van der Waals surface area contributed by atoms with E-state index in [2.05, 4.69) is 72.7 Å². The van der Waals surface area contributed by atoms with Crippen LogP contribution in [0.5, 0.6) is 5.75 Å². The van der Waals surface area contributed by atoms with Crippen molar-refractivity contribution in [3.05, 3.63) is 88.0 Å². The molecule has 0 fully saturated rings. The molecule has 3 aromatic carbocycles. The summed E-state index contributed by atoms with van der Waals surface area (Å²) >= 11 is 0. The molecule has 0 amide bonds. The van der Waals surface area contributed by atoms with Crippen molar-refractivity contribution in [3.8, 4) is 16.9 Å². The first-order valence-electron chi connectivity index (χ1n) is 15.4. The number of phenolic OH excluding ortho intramolecular Hbond substituents is 1. The first kappa shape index (κ1) is 35.1. The zero-order chi connectivity index (χ0) is 32.3. The van der Waals surface area contributed by atoms with Gasteiger partial charge in [-0.25, -0.2) is 4.79 Å². The fraction of sp³-hybridized carbons (Fsp3) is 0.513. The van der Waals surface area contributed by atoms with Gasteiger partial charge in [-0.3, -0.25) is 0 Å². The van der Waals surface area contributed by atoms with E-state index in [1.165, 1.54) is 11.1 Å². The van der Waals surface area contributed by atoms with Gasteiger partial charge in [0, 0.05) is 16.7 Å². The highest BCUT2D eigenvalue weighted by Crippen LogP contribution is 2.49. The third-order valence-electron chi connectivity index (χ3n) is 7.73. The quantitative estimate of drug-likeness (QED) is 0.320. The second-order valence-electron chi connectivity index (χ2n) is 15.7. The molecule has 0 bridgehead atoms. The van der Waals surface area contributed by atoms with Crippen LogP contribution < -0.4 is 0 Å². The number of hydrogen-bond donors (Lipinski definition) is 2. The van der Waals surface area contributed by atoms with Crippen LogP contribution in [-0.2, 0) is 28.1 Å². The van der Waals surface area contributed by atoms with Crippen LogP contribution in [0.25, 0.3) is 11.1 Å². The minimum atomic E-state index is -0.930. The molecule has 3 aromatic rings. The number of aromatic hydroxyl groups is 1. The van der Waals surface area contributed by atoms with Gasteiger partial charge in [-0.15, -0.1) is 0 Å². The molecule has 0 spiro atoms. The second-order valence-corrected chi connectivity index (χ2v) is 15.7. The molecule has 0 aliphatic heterocycles. The summed E-state index contributed by atoms with van der Waals surface area (Å²) in [6.07, 6.45) is 2.49. The number of carbonyl (C=O) groups is 1. The van der Waals surface area contributed by atoms with E-state index < -0.39 is 11.4 Å². The first-order chi connectivity index (χ1) is 19.1. The van der Waals surface area contributed by atoms with Crippen LogP contribution in [0.2, 0.25) is 0 Å². The molecule has 0 atom stereocenters. The fourth-order valence-electron chi connectivity index (χ4n) is 5.51. The number of unbranched alkanes of at least 4 members (excludes halogenated alkanes) is 1. The average Bonchev–Trinajstić information content (AvgIpc) is 2.85. The second kappa shape index (κ2) is 13.1. The first-order valence-corrected chi connectivity index (χ1v) is 15.4. The Morgan fingerprint density at radius 3 is 1.52 bits per heavy atom. The van der Waals surface area contributed by atoms with Crippen molar-refractivity contribution < 1.29 is 15.0 Å². The Kier molecular flexibility index (Phi) is 10.9. The molecule has 0 unspecified atom stereocenters. The van der Waals surface area contributed by atoms with Crippen LogP contribution in [0.1, 0.15) is 141 Å². The zero-order valence-electron chi connectivity index (χ0n) is 28.6. The Bertz CT molecular complexity index is 1320. The van der Waals surface area contributed by atoms with Gasteiger partial charge in [0.2, 0.25) is 0 Å². The normalized spacial score (nSPS) is 12.5. The lowest BCUT2D eigenvalue weighted by Gasteiger charge is -2.33. The molecule has 42 heavy (non-hydrogen) atoms. The van der Waals surface area contributed by atoms with Gasteiger partial charge in [0.15, 0.2) is 0 Å². The summed E-state index contributed by atoms with van der Waals surface area (Å²) < 4.78 is 0. The van der Waals surface area contributed by atoms with Crippen LogP contribution in [0.3, 0.4) is 0 Å². The van der Waals surface area contributed by atoms with Crippen LogP contribution in [-0.4, -0.2) is 16.2 Å². The number of phenols is 1. The number of rotatable bonds is 5. The lowest BCUT2D eigenvalue weighted by molar-refractivity contribution is 0.0696. The van der Waals surface area contributed by atoms with Crippen LogP contribution in [0.4, 0.5) is 0 Å². The Hall–Kier alpha value is -3.07. The minimum Gasteiger partial charge on any atom is -0.507 e. The van der Waals surface area contributed by atoms with E-state index in [0.717, 1.165) is 29.5 Å². The molecule has 230 valence electrons. The number of carboxylic acid groups (broad SMARTS) is 1. The number of carboxylic acids is 1. The number of benzene rings is 3. The standard InChI is InChI=1S/C25H34O3.C14H22/c1-8-9-15-17-19(23(27)28)18(16-13-11-10-12-14-16)21(25(5,6)7)22(26)20(17)24(2,3)4;1-13(2,3)11-8-7-9-12(10-11)14(4,5)6/h10-14,26H,8-9,15H2,1-7H3,(H,27,28);7-10H,1-6H3. The summed E-state index contributed by atoms with van der Waals surface area (Å²) in [5.41, 5.74) is 6.63. The number of aromatic carboxylic acids is 1. The summed E-state index contributed by atoms with van der Waals surface area (Å²) in [5, 5.41) is 21.8. The Labute approximate surface area is 256 Å². The monoisotopic (exact) mass is 572 g/mol. The SMILES string of the molecule is CC(C)(C)c1cccc(C(C)(C)C)c1.CCCCc1c(C(=O)O)c(-c2ccccc2)c(C(C)(C)C)c(O)c1C(C)(C)C. The van der Waals surface area contributed by atoms with E-state index in [1.807, 2.05) is 71.9 Å². The van der Waals surface area contributed by atoms with Crippen molar-refractivity contribution in [2.75, 3.05) is 0 Å². The molecule has 2 N–H and O–H groups in total. The van der Waals surface area contributed by atoms with Crippen molar-refractivity contribution in [3.63, 3.8) is 0 Å². The predicted molar refractivity (Wildman–Crippen MR) is 180 cm³/mol. The summed E-state index contributed by atoms with van der Waals surface area (Å²) in [6.45, 7) is 27.8. The zero-order valence-corrected chi connectivity index (χ0v) is 28.6. The summed E-state index contributed by atoms with van der Waals surface area (Å²) in [7, 11) is 0. The highest BCUT2D eigenvalue weighted by molar-refractivity contribution is 6.00. The van der Waals surface area contributed by atoms with Gasteiger partial charge in [-0.1, -0.05) is 151 Å².